The summed E-state index contributed by atoms with van der Waals surface area (Å²) in [5.74, 6) is 1.41. The van der Waals surface area contributed by atoms with Crippen LogP contribution >= 0.6 is 35.9 Å². The van der Waals surface area contributed by atoms with Gasteiger partial charge in [-0.2, -0.15) is 9.50 Å². The minimum Gasteiger partial charge on any atom is -0.308 e. The van der Waals surface area contributed by atoms with Gasteiger partial charge >= 0.3 is 0 Å². The summed E-state index contributed by atoms with van der Waals surface area (Å²) in [4.78, 5) is 11.4. The Kier molecular flexibility index (Phi) is 8.24. The van der Waals surface area contributed by atoms with Gasteiger partial charge < -0.3 is 4.90 Å². The lowest BCUT2D eigenvalue weighted by Crippen LogP contribution is -2.19. The molecule has 4 rings (SSSR count). The minimum absolute atomic E-state index is 0. The van der Waals surface area contributed by atoms with Crippen LogP contribution in [0.3, 0.4) is 0 Å². The molecule has 0 spiro atoms. The predicted octanol–water partition coefficient (Wildman–Crippen LogP) is 3.10. The highest BCUT2D eigenvalue weighted by atomic mass is 35.5. The number of halogens is 1. The molecule has 3 aromatic heterocycles. The highest BCUT2D eigenvalue weighted by molar-refractivity contribution is 7.99. The van der Waals surface area contributed by atoms with Crippen LogP contribution in [-0.2, 0) is 18.7 Å². The van der Waals surface area contributed by atoms with Crippen molar-refractivity contribution in [3.63, 3.8) is 0 Å². The van der Waals surface area contributed by atoms with Crippen LogP contribution in [0.5, 0.6) is 0 Å². The number of tetrazole rings is 1. The van der Waals surface area contributed by atoms with Gasteiger partial charge in [-0.3, -0.25) is 0 Å². The zero-order valence-electron chi connectivity index (χ0n) is 17.5. The molecule has 4 aromatic rings. The molecule has 31 heavy (non-hydrogen) atoms. The Hall–Kier alpha value is -2.21. The first-order valence-electron chi connectivity index (χ1n) is 9.64. The van der Waals surface area contributed by atoms with Crippen molar-refractivity contribution in [1.82, 2.24) is 44.7 Å². The number of likely N-dealkylation sites (N-methyl/N-ethyl adjacent to an activating group) is 1. The molecule has 0 saturated carbocycles. The smallest absolute Gasteiger partial charge is 0.254 e. The average molecular weight is 478 g/mol. The Balaban J connectivity index is 0.00000272. The normalized spacial score (nSPS) is 11.2. The molecule has 164 valence electrons. The molecule has 0 aliphatic carbocycles. The molecular formula is C19H24ClN9S2. The average Bonchev–Trinajstić information content (AvgIpc) is 3.37. The topological polar surface area (TPSA) is 89.9 Å². The molecule has 0 atom stereocenters. The minimum atomic E-state index is 0. The van der Waals surface area contributed by atoms with Gasteiger partial charge in [-0.1, -0.05) is 49.0 Å². The zero-order valence-corrected chi connectivity index (χ0v) is 20.0. The van der Waals surface area contributed by atoms with Gasteiger partial charge in [0.15, 0.2) is 0 Å². The monoisotopic (exact) mass is 477 g/mol. The van der Waals surface area contributed by atoms with Crippen molar-refractivity contribution in [1.29, 1.82) is 0 Å². The Morgan fingerprint density at radius 3 is 2.65 bits per heavy atom. The van der Waals surface area contributed by atoms with Crippen LogP contribution in [0.4, 0.5) is 0 Å². The SMILES string of the molecule is CCc1cc(Sc2nnnn2CCN(C)C)n2nc(SCc3ccccc3)nc2n1.Cl. The third-order valence-electron chi connectivity index (χ3n) is 4.34. The van der Waals surface area contributed by atoms with Gasteiger partial charge in [0.25, 0.3) is 5.78 Å². The van der Waals surface area contributed by atoms with E-state index < -0.39 is 0 Å². The number of fused-ring (bicyclic) bond motifs is 1. The van der Waals surface area contributed by atoms with Gasteiger partial charge in [0.2, 0.25) is 10.3 Å². The summed E-state index contributed by atoms with van der Waals surface area (Å²) in [6.07, 6.45) is 0.814. The standard InChI is InChI=1S/C19H23N9S2.ClH/c1-4-15-12-16(30-19-22-24-25-27(19)11-10-26(2)3)28-17(20-15)21-18(23-28)29-13-14-8-6-5-7-9-14;/h5-9,12H,4,10-11,13H2,1-3H3;1H. The van der Waals surface area contributed by atoms with E-state index in [1.807, 2.05) is 43.0 Å². The number of hydrogen-bond acceptors (Lipinski definition) is 9. The van der Waals surface area contributed by atoms with Crippen molar-refractivity contribution in [2.24, 2.45) is 0 Å². The Bertz CT molecular complexity index is 1110. The second-order valence-electron chi connectivity index (χ2n) is 6.91. The number of hydrogen-bond donors (Lipinski definition) is 0. The van der Waals surface area contributed by atoms with Crippen molar-refractivity contribution < 1.29 is 0 Å². The van der Waals surface area contributed by atoms with E-state index in [1.54, 1.807) is 16.3 Å². The molecular weight excluding hydrogens is 454 g/mol. The molecule has 0 radical (unpaired) electrons. The maximum atomic E-state index is 4.69. The first-order valence-corrected chi connectivity index (χ1v) is 11.4. The Morgan fingerprint density at radius 1 is 1.10 bits per heavy atom. The summed E-state index contributed by atoms with van der Waals surface area (Å²) in [5, 5.41) is 19.2. The summed E-state index contributed by atoms with van der Waals surface area (Å²) < 4.78 is 3.59. The molecule has 0 aliphatic rings. The number of aryl methyl sites for hydroxylation is 1. The van der Waals surface area contributed by atoms with Crippen molar-refractivity contribution in [2.75, 3.05) is 20.6 Å². The van der Waals surface area contributed by atoms with E-state index in [2.05, 4.69) is 54.5 Å². The quantitative estimate of drug-likeness (QED) is 0.266. The largest absolute Gasteiger partial charge is 0.308 e. The number of aromatic nitrogens is 8. The second kappa shape index (κ2) is 10.9. The van der Waals surface area contributed by atoms with Crippen molar-refractivity contribution in [2.45, 2.75) is 41.0 Å². The van der Waals surface area contributed by atoms with Crippen molar-refractivity contribution in [3.8, 4) is 0 Å². The van der Waals surface area contributed by atoms with Crippen LogP contribution in [0, 0.1) is 0 Å². The van der Waals surface area contributed by atoms with Crippen molar-refractivity contribution in [3.05, 3.63) is 47.7 Å². The Morgan fingerprint density at radius 2 is 1.90 bits per heavy atom. The second-order valence-corrected chi connectivity index (χ2v) is 8.84. The van der Waals surface area contributed by atoms with E-state index >= 15 is 0 Å². The summed E-state index contributed by atoms with van der Waals surface area (Å²) >= 11 is 3.08. The molecule has 0 fully saturated rings. The van der Waals surface area contributed by atoms with Crippen LogP contribution in [0.2, 0.25) is 0 Å². The third-order valence-corrected chi connectivity index (χ3v) is 6.22. The number of benzene rings is 1. The summed E-state index contributed by atoms with van der Waals surface area (Å²) in [6.45, 7) is 3.65. The van der Waals surface area contributed by atoms with Crippen LogP contribution in [0.1, 0.15) is 18.2 Å². The molecule has 0 N–H and O–H groups in total. The number of rotatable bonds is 9. The molecule has 0 unspecified atom stereocenters. The van der Waals surface area contributed by atoms with E-state index in [9.17, 15) is 0 Å². The summed E-state index contributed by atoms with van der Waals surface area (Å²) in [6, 6.07) is 12.3. The number of thioether (sulfide) groups is 1. The van der Waals surface area contributed by atoms with Crippen LogP contribution in [0.25, 0.3) is 5.78 Å². The first kappa shape index (κ1) is 23.5. The van der Waals surface area contributed by atoms with Gasteiger partial charge in [-0.25, -0.2) is 9.67 Å². The van der Waals surface area contributed by atoms with Crippen LogP contribution < -0.4 is 0 Å². The van der Waals surface area contributed by atoms with Gasteiger partial charge in [0.1, 0.15) is 5.03 Å². The molecule has 0 saturated heterocycles. The fourth-order valence-corrected chi connectivity index (χ4v) is 4.38. The molecule has 1 aromatic carbocycles. The maximum absolute atomic E-state index is 4.69. The van der Waals surface area contributed by atoms with Gasteiger partial charge in [0.05, 0.1) is 6.54 Å². The van der Waals surface area contributed by atoms with Gasteiger partial charge in [-0.05, 0) is 54.3 Å². The lowest BCUT2D eigenvalue weighted by atomic mass is 10.2. The van der Waals surface area contributed by atoms with E-state index in [0.29, 0.717) is 17.5 Å². The third kappa shape index (κ3) is 5.94. The fraction of sp³-hybridized carbons (Fsp3) is 0.368. The lowest BCUT2D eigenvalue weighted by molar-refractivity contribution is 0.361. The van der Waals surface area contributed by atoms with E-state index in [-0.39, 0.29) is 12.4 Å². The number of nitrogens with zero attached hydrogens (tertiary/aromatic N) is 9. The van der Waals surface area contributed by atoms with Crippen LogP contribution in [0.15, 0.2) is 51.7 Å². The highest BCUT2D eigenvalue weighted by Gasteiger charge is 2.16. The summed E-state index contributed by atoms with van der Waals surface area (Å²) in [5.41, 5.74) is 2.20. The molecule has 3 heterocycles. The van der Waals surface area contributed by atoms with Crippen LogP contribution in [-0.4, -0.2) is 65.3 Å². The summed E-state index contributed by atoms with van der Waals surface area (Å²) in [7, 11) is 4.06. The highest BCUT2D eigenvalue weighted by Crippen LogP contribution is 2.28. The fourth-order valence-electron chi connectivity index (χ4n) is 2.71. The van der Waals surface area contributed by atoms with Gasteiger partial charge in [-0.15, -0.1) is 22.6 Å². The Labute approximate surface area is 195 Å². The predicted molar refractivity (Wildman–Crippen MR) is 124 cm³/mol. The zero-order chi connectivity index (χ0) is 20.9. The van der Waals surface area contributed by atoms with E-state index in [4.69, 9.17) is 0 Å². The molecule has 0 bridgehead atoms. The van der Waals surface area contributed by atoms with Crippen molar-refractivity contribution >= 4 is 41.7 Å². The maximum Gasteiger partial charge on any atom is 0.254 e. The van der Waals surface area contributed by atoms with Gasteiger partial charge in [0, 0.05) is 18.0 Å². The first-order chi connectivity index (χ1) is 14.6. The molecule has 0 amide bonds. The molecule has 12 heteroatoms. The molecule has 0 aliphatic heterocycles. The van der Waals surface area contributed by atoms with E-state index in [0.717, 1.165) is 34.6 Å². The van der Waals surface area contributed by atoms with E-state index in [1.165, 1.54) is 17.3 Å². The lowest BCUT2D eigenvalue weighted by Gasteiger charge is -2.10. The molecule has 9 nitrogen and oxygen atoms in total.